The number of carbonyl (C=O) groups is 1. The highest BCUT2D eigenvalue weighted by Gasteiger charge is 2.29. The van der Waals surface area contributed by atoms with E-state index in [1.54, 1.807) is 6.20 Å². The number of rotatable bonds is 3. The summed E-state index contributed by atoms with van der Waals surface area (Å²) in [6.07, 6.45) is 1.75. The van der Waals surface area contributed by atoms with Gasteiger partial charge in [0, 0.05) is 6.20 Å². The molecule has 0 bridgehead atoms. The fraction of sp³-hybridized carbons (Fsp3) is 0.364. The molecule has 84 valence electrons. The third-order valence-corrected chi connectivity index (χ3v) is 2.42. The van der Waals surface area contributed by atoms with Crippen LogP contribution in [-0.4, -0.2) is 28.9 Å². The summed E-state index contributed by atoms with van der Waals surface area (Å²) in [7, 11) is 0. The van der Waals surface area contributed by atoms with Crippen LogP contribution in [0.1, 0.15) is 19.0 Å². The average Bonchev–Trinajstić information content (AvgIpc) is 2.61. The van der Waals surface area contributed by atoms with Crippen molar-refractivity contribution in [2.75, 3.05) is 0 Å². The quantitative estimate of drug-likeness (QED) is 0.803. The second-order valence-electron chi connectivity index (χ2n) is 3.71. The molecule has 1 aromatic rings. The van der Waals surface area contributed by atoms with Gasteiger partial charge in [-0.1, -0.05) is 6.07 Å². The minimum atomic E-state index is -0.369. The van der Waals surface area contributed by atoms with Crippen molar-refractivity contribution < 1.29 is 9.53 Å². The molecule has 5 heteroatoms. The van der Waals surface area contributed by atoms with Crippen molar-refractivity contribution in [2.24, 2.45) is 10.7 Å². The van der Waals surface area contributed by atoms with E-state index in [9.17, 15) is 4.79 Å². The topological polar surface area (TPSA) is 77.6 Å². The van der Waals surface area contributed by atoms with Gasteiger partial charge in [-0.05, 0) is 19.1 Å². The van der Waals surface area contributed by atoms with Crippen LogP contribution in [0, 0.1) is 0 Å². The number of pyridine rings is 1. The van der Waals surface area contributed by atoms with Crippen LogP contribution in [0.15, 0.2) is 29.4 Å². The summed E-state index contributed by atoms with van der Waals surface area (Å²) < 4.78 is 5.54. The first-order chi connectivity index (χ1) is 7.66. The molecule has 16 heavy (non-hydrogen) atoms. The molecule has 1 aliphatic heterocycles. The van der Waals surface area contributed by atoms with Gasteiger partial charge in [-0.3, -0.25) is 9.78 Å². The van der Waals surface area contributed by atoms with Gasteiger partial charge in [-0.2, -0.15) is 0 Å². The van der Waals surface area contributed by atoms with Crippen LogP contribution >= 0.6 is 0 Å². The smallest absolute Gasteiger partial charge is 0.236 e. The number of nitrogens with zero attached hydrogens (tertiary/aromatic N) is 2. The lowest BCUT2D eigenvalue weighted by Crippen LogP contribution is -2.25. The van der Waals surface area contributed by atoms with Crippen molar-refractivity contribution in [3.63, 3.8) is 0 Å². The molecule has 0 spiro atoms. The highest BCUT2D eigenvalue weighted by Crippen LogP contribution is 2.18. The highest BCUT2D eigenvalue weighted by atomic mass is 16.5. The van der Waals surface area contributed by atoms with Gasteiger partial charge in [0.15, 0.2) is 0 Å². The largest absolute Gasteiger partial charge is 0.471 e. The molecule has 0 aliphatic carbocycles. The molecule has 0 saturated carbocycles. The normalized spacial score (nSPS) is 23.7. The first-order valence-corrected chi connectivity index (χ1v) is 5.11. The predicted octanol–water partition coefficient (Wildman–Crippen LogP) is 0.491. The lowest BCUT2D eigenvalue weighted by Gasteiger charge is -2.10. The van der Waals surface area contributed by atoms with Crippen molar-refractivity contribution in [2.45, 2.75) is 25.5 Å². The maximum Gasteiger partial charge on any atom is 0.236 e. The van der Waals surface area contributed by atoms with Gasteiger partial charge >= 0.3 is 0 Å². The van der Waals surface area contributed by atoms with Gasteiger partial charge in [0.25, 0.3) is 0 Å². The Morgan fingerprint density at radius 1 is 1.56 bits per heavy atom. The monoisotopic (exact) mass is 219 g/mol. The van der Waals surface area contributed by atoms with Crippen LogP contribution in [-0.2, 0) is 9.53 Å². The maximum absolute atomic E-state index is 10.8. The summed E-state index contributed by atoms with van der Waals surface area (Å²) in [5, 5.41) is 0. The Morgan fingerprint density at radius 3 is 3.00 bits per heavy atom. The summed E-state index contributed by atoms with van der Waals surface area (Å²) in [6, 6.07) is 5.30. The van der Waals surface area contributed by atoms with Gasteiger partial charge in [-0.25, -0.2) is 4.99 Å². The number of aliphatic imine (C=N–C) groups is 1. The van der Waals surface area contributed by atoms with Crippen LogP contribution in [0.4, 0.5) is 0 Å². The standard InChI is InChI=1S/C11H13N3O2/c1-7-9(6-10(12)15)14-11(16-7)8-4-2-3-5-13-8/h2-5,7,9H,6H2,1H3,(H2,12,15)/t7-,9+/m1/s1. The summed E-state index contributed by atoms with van der Waals surface area (Å²) in [4.78, 5) is 19.3. The third-order valence-electron chi connectivity index (χ3n) is 2.42. The molecule has 0 fully saturated rings. The minimum Gasteiger partial charge on any atom is -0.471 e. The summed E-state index contributed by atoms with van der Waals surface area (Å²) in [5.41, 5.74) is 5.82. The molecular formula is C11H13N3O2. The number of carbonyl (C=O) groups excluding carboxylic acids is 1. The van der Waals surface area contributed by atoms with E-state index in [0.29, 0.717) is 11.6 Å². The van der Waals surface area contributed by atoms with Crippen LogP contribution in [0.2, 0.25) is 0 Å². The van der Waals surface area contributed by atoms with E-state index >= 15 is 0 Å². The van der Waals surface area contributed by atoms with E-state index in [1.165, 1.54) is 0 Å². The van der Waals surface area contributed by atoms with Gasteiger partial charge in [-0.15, -0.1) is 0 Å². The third kappa shape index (κ3) is 2.18. The molecule has 0 unspecified atom stereocenters. The Balaban J connectivity index is 2.16. The predicted molar refractivity (Wildman–Crippen MR) is 58.9 cm³/mol. The highest BCUT2D eigenvalue weighted by molar-refractivity contribution is 5.93. The molecule has 2 atom stereocenters. The Kier molecular flexibility index (Phi) is 2.85. The molecule has 1 aliphatic rings. The molecule has 0 saturated heterocycles. The number of aromatic nitrogens is 1. The Labute approximate surface area is 93.3 Å². The zero-order valence-corrected chi connectivity index (χ0v) is 8.96. The lowest BCUT2D eigenvalue weighted by atomic mass is 10.1. The fourth-order valence-corrected chi connectivity index (χ4v) is 1.57. The van der Waals surface area contributed by atoms with Gasteiger partial charge in [0.1, 0.15) is 11.8 Å². The van der Waals surface area contributed by atoms with Gasteiger partial charge < -0.3 is 10.5 Å². The number of hydrogen-bond acceptors (Lipinski definition) is 4. The zero-order valence-electron chi connectivity index (χ0n) is 8.96. The first-order valence-electron chi connectivity index (χ1n) is 5.11. The Hall–Kier alpha value is -1.91. The Bertz CT molecular complexity index is 416. The second kappa shape index (κ2) is 4.30. The molecule has 5 nitrogen and oxygen atoms in total. The zero-order chi connectivity index (χ0) is 11.5. The van der Waals surface area contributed by atoms with Crippen molar-refractivity contribution in [3.8, 4) is 0 Å². The molecule has 0 radical (unpaired) electrons. The molecule has 2 heterocycles. The van der Waals surface area contributed by atoms with E-state index in [4.69, 9.17) is 10.5 Å². The van der Waals surface area contributed by atoms with Crippen LogP contribution in [0.3, 0.4) is 0 Å². The van der Waals surface area contributed by atoms with E-state index < -0.39 is 0 Å². The van der Waals surface area contributed by atoms with Crippen molar-refractivity contribution >= 4 is 11.8 Å². The van der Waals surface area contributed by atoms with Crippen molar-refractivity contribution in [1.29, 1.82) is 0 Å². The summed E-state index contributed by atoms with van der Waals surface area (Å²) >= 11 is 0. The molecular weight excluding hydrogens is 206 g/mol. The van der Waals surface area contributed by atoms with E-state index in [-0.39, 0.29) is 24.5 Å². The SMILES string of the molecule is C[C@H]1OC(c2ccccn2)=N[C@H]1CC(N)=O. The molecule has 2 N–H and O–H groups in total. The Morgan fingerprint density at radius 2 is 2.38 bits per heavy atom. The molecule has 0 aromatic carbocycles. The second-order valence-corrected chi connectivity index (χ2v) is 3.71. The van der Waals surface area contributed by atoms with E-state index in [2.05, 4.69) is 9.98 Å². The number of hydrogen-bond donors (Lipinski definition) is 1. The van der Waals surface area contributed by atoms with Crippen LogP contribution in [0.25, 0.3) is 0 Å². The van der Waals surface area contributed by atoms with Crippen molar-refractivity contribution in [1.82, 2.24) is 4.98 Å². The maximum atomic E-state index is 10.8. The fourth-order valence-electron chi connectivity index (χ4n) is 1.57. The first kappa shape index (κ1) is 10.6. The minimum absolute atomic E-state index is 0.135. The molecule has 2 rings (SSSR count). The molecule has 1 amide bonds. The van der Waals surface area contributed by atoms with Crippen LogP contribution in [0.5, 0.6) is 0 Å². The van der Waals surface area contributed by atoms with Gasteiger partial charge in [0.2, 0.25) is 11.8 Å². The van der Waals surface area contributed by atoms with Gasteiger partial charge in [0.05, 0.1) is 12.5 Å². The molecule has 1 aromatic heterocycles. The number of nitrogens with two attached hydrogens (primary N) is 1. The summed E-state index contributed by atoms with van der Waals surface area (Å²) in [6.45, 7) is 1.87. The number of primary amides is 1. The average molecular weight is 219 g/mol. The van der Waals surface area contributed by atoms with Crippen molar-refractivity contribution in [3.05, 3.63) is 30.1 Å². The number of ether oxygens (including phenoxy) is 1. The van der Waals surface area contributed by atoms with E-state index in [1.807, 2.05) is 25.1 Å². The van der Waals surface area contributed by atoms with Crippen LogP contribution < -0.4 is 5.73 Å². The number of amides is 1. The van der Waals surface area contributed by atoms with E-state index in [0.717, 1.165) is 0 Å². The lowest BCUT2D eigenvalue weighted by molar-refractivity contribution is -0.118. The summed E-state index contributed by atoms with van der Waals surface area (Å²) in [5.74, 6) is 0.117.